The molecule has 0 N–H and O–H groups in total. The molecule has 8 aromatic carbocycles. The molecule has 8 rings (SSSR count). The number of allylic oxidation sites excluding steroid dienone is 4. The fraction of sp³-hybridized carbons (Fsp3) is 0.0182. The molecule has 0 saturated carbocycles. The van der Waals surface area contributed by atoms with E-state index >= 15 is 0 Å². The van der Waals surface area contributed by atoms with Gasteiger partial charge in [-0.25, -0.2) is 0 Å². The number of fused-ring (bicyclic) bond motifs is 1. The average molecular weight is 734 g/mol. The van der Waals surface area contributed by atoms with E-state index in [9.17, 15) is 0 Å². The molecule has 0 aliphatic rings. The number of anilines is 3. The molecule has 0 radical (unpaired) electrons. The molecule has 0 unspecified atom stereocenters. The third-order valence-corrected chi connectivity index (χ3v) is 10.1. The average Bonchev–Trinajstić information content (AvgIpc) is 3.29. The molecule has 2 nitrogen and oxygen atoms in total. The van der Waals surface area contributed by atoms with Gasteiger partial charge in [-0.3, -0.25) is 0 Å². The lowest BCUT2D eigenvalue weighted by Crippen LogP contribution is -2.10. The second-order valence-corrected chi connectivity index (χ2v) is 13.7. The first-order valence-electron chi connectivity index (χ1n) is 19.3. The van der Waals surface area contributed by atoms with E-state index in [-0.39, 0.29) is 0 Å². The second kappa shape index (κ2) is 17.8. The third-order valence-electron chi connectivity index (χ3n) is 10.1. The van der Waals surface area contributed by atoms with Gasteiger partial charge in [0.05, 0.1) is 12.8 Å². The van der Waals surface area contributed by atoms with Crippen LogP contribution in [-0.2, 0) is 0 Å². The fourth-order valence-electron chi connectivity index (χ4n) is 7.23. The molecule has 2 heteroatoms. The van der Waals surface area contributed by atoms with Crippen molar-refractivity contribution in [2.24, 2.45) is 0 Å². The molecule has 0 bridgehead atoms. The molecular weight excluding hydrogens is 691 g/mol. The molecule has 8 aromatic rings. The van der Waals surface area contributed by atoms with E-state index in [4.69, 9.17) is 4.74 Å². The Morgan fingerprint density at radius 1 is 0.404 bits per heavy atom. The van der Waals surface area contributed by atoms with Crippen molar-refractivity contribution in [2.45, 2.75) is 0 Å². The van der Waals surface area contributed by atoms with Crippen LogP contribution in [0.1, 0.15) is 33.4 Å². The van der Waals surface area contributed by atoms with Gasteiger partial charge in [0, 0.05) is 16.8 Å². The molecule has 57 heavy (non-hydrogen) atoms. The van der Waals surface area contributed by atoms with Crippen LogP contribution in [0.25, 0.3) is 34.1 Å². The first kappa shape index (κ1) is 36.6. The maximum absolute atomic E-state index is 5.54. The fourth-order valence-corrected chi connectivity index (χ4v) is 7.23. The molecule has 0 aliphatic heterocycles. The van der Waals surface area contributed by atoms with E-state index in [1.807, 2.05) is 12.1 Å². The zero-order valence-electron chi connectivity index (χ0n) is 31.9. The van der Waals surface area contributed by atoms with Gasteiger partial charge in [0.2, 0.25) is 0 Å². The van der Waals surface area contributed by atoms with Gasteiger partial charge in [0.1, 0.15) is 5.75 Å². The van der Waals surface area contributed by atoms with Crippen LogP contribution in [0.2, 0.25) is 0 Å². The summed E-state index contributed by atoms with van der Waals surface area (Å²) in [6.07, 6.45) is 13.1. The molecule has 274 valence electrons. The van der Waals surface area contributed by atoms with E-state index in [0.717, 1.165) is 39.3 Å². The standard InChI is InChI=1S/C55H43NO/c1-57-50-39-37-49(38-40-50)56(48-35-32-42(33-36-48)18-16-30-51(43-19-6-2-7-20-43)44-21-8-3-9-22-44)55-41-34-47(53-28-14-15-29-54(53)55)27-17-31-52(45-23-10-4-11-24-45)46-25-12-5-13-26-46/h2-41H,1H3/b18-16+,27-17+. The van der Waals surface area contributed by atoms with Gasteiger partial charge in [0.25, 0.3) is 0 Å². The maximum atomic E-state index is 5.54. The summed E-state index contributed by atoms with van der Waals surface area (Å²) in [4.78, 5) is 2.33. The number of hydrogen-bond acceptors (Lipinski definition) is 2. The largest absolute Gasteiger partial charge is 0.497 e. The van der Waals surface area contributed by atoms with E-state index < -0.39 is 0 Å². The van der Waals surface area contributed by atoms with Crippen molar-refractivity contribution >= 4 is 51.1 Å². The summed E-state index contributed by atoms with van der Waals surface area (Å²) in [5.41, 5.74) is 12.6. The van der Waals surface area contributed by atoms with Gasteiger partial charge in [-0.2, -0.15) is 0 Å². The predicted molar refractivity (Wildman–Crippen MR) is 243 cm³/mol. The van der Waals surface area contributed by atoms with E-state index in [1.54, 1.807) is 7.11 Å². The number of methoxy groups -OCH3 is 1. The molecule has 0 fully saturated rings. The highest BCUT2D eigenvalue weighted by Gasteiger charge is 2.17. The molecule has 0 saturated heterocycles. The van der Waals surface area contributed by atoms with E-state index in [1.165, 1.54) is 38.8 Å². The van der Waals surface area contributed by atoms with Crippen LogP contribution < -0.4 is 9.64 Å². The Labute approximate surface area is 336 Å². The van der Waals surface area contributed by atoms with Gasteiger partial charge in [0.15, 0.2) is 0 Å². The lowest BCUT2D eigenvalue weighted by Gasteiger charge is -2.27. The first-order chi connectivity index (χ1) is 28.2. The second-order valence-electron chi connectivity index (χ2n) is 13.7. The number of benzene rings is 8. The van der Waals surface area contributed by atoms with Gasteiger partial charge < -0.3 is 9.64 Å². The first-order valence-corrected chi connectivity index (χ1v) is 19.3. The SMILES string of the molecule is COc1ccc(N(c2ccc(/C=C/C=C(c3ccccc3)c3ccccc3)cc2)c2ccc(/C=C/C=C(c3ccccc3)c3ccccc3)c3ccccc23)cc1. The minimum absolute atomic E-state index is 0.821. The van der Waals surface area contributed by atoms with Crippen molar-refractivity contribution in [2.75, 3.05) is 12.0 Å². The number of ether oxygens (including phenoxy) is 1. The van der Waals surface area contributed by atoms with Gasteiger partial charge in [-0.05, 0) is 92.4 Å². The van der Waals surface area contributed by atoms with Crippen molar-refractivity contribution in [1.29, 1.82) is 0 Å². The number of nitrogens with zero attached hydrogens (tertiary/aromatic N) is 1. The number of hydrogen-bond donors (Lipinski definition) is 0. The summed E-state index contributed by atoms with van der Waals surface area (Å²) in [6, 6.07) is 72.4. The highest BCUT2D eigenvalue weighted by Crippen LogP contribution is 2.41. The van der Waals surface area contributed by atoms with Crippen LogP contribution >= 0.6 is 0 Å². The Hall–Kier alpha value is -7.42. The Morgan fingerprint density at radius 2 is 0.825 bits per heavy atom. The lowest BCUT2D eigenvalue weighted by molar-refractivity contribution is 0.415. The van der Waals surface area contributed by atoms with E-state index in [0.29, 0.717) is 0 Å². The quantitative estimate of drug-likeness (QED) is 0.116. The molecule has 0 amide bonds. The monoisotopic (exact) mass is 733 g/mol. The molecule has 0 heterocycles. The molecular formula is C55H43NO. The Kier molecular flexibility index (Phi) is 11.4. The molecule has 0 spiro atoms. The Morgan fingerprint density at radius 3 is 1.30 bits per heavy atom. The summed E-state index contributed by atoms with van der Waals surface area (Å²) in [7, 11) is 1.70. The molecule has 0 aromatic heterocycles. The summed E-state index contributed by atoms with van der Waals surface area (Å²) < 4.78 is 5.54. The highest BCUT2D eigenvalue weighted by atomic mass is 16.5. The third kappa shape index (κ3) is 8.62. The number of rotatable bonds is 12. The zero-order valence-corrected chi connectivity index (χ0v) is 31.9. The topological polar surface area (TPSA) is 12.5 Å². The zero-order chi connectivity index (χ0) is 38.7. The van der Waals surface area contributed by atoms with Crippen molar-refractivity contribution in [3.05, 3.63) is 264 Å². The van der Waals surface area contributed by atoms with Crippen molar-refractivity contribution in [3.63, 3.8) is 0 Å². The summed E-state index contributed by atoms with van der Waals surface area (Å²) in [5, 5.41) is 2.34. The normalized spacial score (nSPS) is 11.1. The smallest absolute Gasteiger partial charge is 0.119 e. The minimum Gasteiger partial charge on any atom is -0.497 e. The van der Waals surface area contributed by atoms with Crippen LogP contribution in [-0.4, -0.2) is 7.11 Å². The van der Waals surface area contributed by atoms with Crippen molar-refractivity contribution in [1.82, 2.24) is 0 Å². The van der Waals surface area contributed by atoms with Gasteiger partial charge in [-0.1, -0.05) is 200 Å². The summed E-state index contributed by atoms with van der Waals surface area (Å²) in [6.45, 7) is 0. The van der Waals surface area contributed by atoms with Crippen LogP contribution in [0.15, 0.2) is 231 Å². The maximum Gasteiger partial charge on any atom is 0.119 e. The Bertz CT molecular complexity index is 2570. The summed E-state index contributed by atoms with van der Waals surface area (Å²) >= 11 is 0. The van der Waals surface area contributed by atoms with Gasteiger partial charge in [-0.15, -0.1) is 0 Å². The van der Waals surface area contributed by atoms with Crippen LogP contribution in [0.3, 0.4) is 0 Å². The van der Waals surface area contributed by atoms with Crippen molar-refractivity contribution in [3.8, 4) is 5.75 Å². The molecule has 0 aliphatic carbocycles. The van der Waals surface area contributed by atoms with Crippen molar-refractivity contribution < 1.29 is 4.74 Å². The lowest BCUT2D eigenvalue weighted by atomic mass is 9.97. The Balaban J connectivity index is 1.14. The summed E-state index contributed by atoms with van der Waals surface area (Å²) in [5.74, 6) is 0.821. The van der Waals surface area contributed by atoms with E-state index in [2.05, 4.69) is 235 Å². The predicted octanol–water partition coefficient (Wildman–Crippen LogP) is 14.6. The van der Waals surface area contributed by atoms with Crippen LogP contribution in [0, 0.1) is 0 Å². The van der Waals surface area contributed by atoms with Crippen LogP contribution in [0.5, 0.6) is 5.75 Å². The van der Waals surface area contributed by atoms with Crippen LogP contribution in [0.4, 0.5) is 17.1 Å². The molecule has 0 atom stereocenters. The minimum atomic E-state index is 0.821. The highest BCUT2D eigenvalue weighted by molar-refractivity contribution is 6.03. The van der Waals surface area contributed by atoms with Gasteiger partial charge >= 0.3 is 0 Å².